The standard InChI is InChI=1S/C23H16N2O5S/c1-14-19(21(26)25(24-14)17-8-6-16(7-9-17)22(27)28)13-15-4-10-18(11-5-15)30-23(29)20-3-2-12-31-20/h2-13H,1H3,(H,27,28)/b19-13-. The first kappa shape index (κ1) is 20.2. The van der Waals surface area contributed by atoms with Gasteiger partial charge in [0.15, 0.2) is 0 Å². The number of carboxylic acids is 1. The molecule has 0 atom stereocenters. The lowest BCUT2D eigenvalue weighted by Crippen LogP contribution is -2.21. The molecule has 0 fully saturated rings. The highest BCUT2D eigenvalue weighted by Gasteiger charge is 2.28. The Morgan fingerprint density at radius 3 is 2.39 bits per heavy atom. The van der Waals surface area contributed by atoms with E-state index in [1.165, 1.54) is 40.6 Å². The maximum atomic E-state index is 12.8. The maximum absolute atomic E-state index is 12.8. The average molecular weight is 432 g/mol. The number of esters is 1. The molecule has 0 saturated heterocycles. The SMILES string of the molecule is CC1=NN(c2ccc(C(=O)O)cc2)C(=O)/C1=C\c1ccc(OC(=O)c2cccs2)cc1. The van der Waals surface area contributed by atoms with Crippen LogP contribution in [-0.4, -0.2) is 28.7 Å². The van der Waals surface area contributed by atoms with Crippen LogP contribution in [0, 0.1) is 0 Å². The van der Waals surface area contributed by atoms with Crippen molar-refractivity contribution in [1.29, 1.82) is 0 Å². The van der Waals surface area contributed by atoms with E-state index in [0.29, 0.717) is 27.6 Å². The summed E-state index contributed by atoms with van der Waals surface area (Å²) in [4.78, 5) is 36.4. The van der Waals surface area contributed by atoms with Crippen LogP contribution < -0.4 is 9.75 Å². The molecule has 0 saturated carbocycles. The van der Waals surface area contributed by atoms with E-state index in [2.05, 4.69) is 5.10 Å². The van der Waals surface area contributed by atoms with Crippen LogP contribution in [0.5, 0.6) is 5.75 Å². The topological polar surface area (TPSA) is 96.3 Å². The molecule has 1 aliphatic rings. The van der Waals surface area contributed by atoms with E-state index < -0.39 is 11.9 Å². The smallest absolute Gasteiger partial charge is 0.353 e. The summed E-state index contributed by atoms with van der Waals surface area (Å²) in [5, 5.41) is 16.4. The molecule has 154 valence electrons. The van der Waals surface area contributed by atoms with Gasteiger partial charge in [0.25, 0.3) is 5.91 Å². The Kier molecular flexibility index (Phi) is 5.46. The van der Waals surface area contributed by atoms with Crippen molar-refractivity contribution in [3.05, 3.63) is 87.6 Å². The summed E-state index contributed by atoms with van der Waals surface area (Å²) >= 11 is 1.31. The summed E-state index contributed by atoms with van der Waals surface area (Å²) in [6.07, 6.45) is 1.71. The Labute approximate surface area is 181 Å². The van der Waals surface area contributed by atoms with E-state index in [1.54, 1.807) is 54.8 Å². The Balaban J connectivity index is 1.49. The molecule has 2 aromatic carbocycles. The molecular weight excluding hydrogens is 416 g/mol. The van der Waals surface area contributed by atoms with Crippen LogP contribution in [-0.2, 0) is 4.79 Å². The highest BCUT2D eigenvalue weighted by Crippen LogP contribution is 2.26. The third-order valence-corrected chi connectivity index (χ3v) is 5.40. The number of rotatable bonds is 5. The van der Waals surface area contributed by atoms with Crippen molar-refractivity contribution >= 4 is 46.7 Å². The molecule has 3 aromatic rings. The highest BCUT2D eigenvalue weighted by atomic mass is 32.1. The molecular formula is C23H16N2O5S. The largest absolute Gasteiger partial charge is 0.478 e. The van der Waals surface area contributed by atoms with Gasteiger partial charge in [-0.05, 0) is 66.4 Å². The van der Waals surface area contributed by atoms with Crippen molar-refractivity contribution in [3.8, 4) is 5.75 Å². The van der Waals surface area contributed by atoms with Gasteiger partial charge in [-0.25, -0.2) is 9.59 Å². The van der Waals surface area contributed by atoms with E-state index in [9.17, 15) is 14.4 Å². The van der Waals surface area contributed by atoms with Gasteiger partial charge in [0, 0.05) is 0 Å². The molecule has 1 aromatic heterocycles. The van der Waals surface area contributed by atoms with Gasteiger partial charge in [0.05, 0.1) is 22.5 Å². The average Bonchev–Trinajstić information content (AvgIpc) is 3.40. The third kappa shape index (κ3) is 4.29. The first-order valence-electron chi connectivity index (χ1n) is 9.23. The zero-order valence-corrected chi connectivity index (χ0v) is 17.1. The molecule has 1 N–H and O–H groups in total. The zero-order valence-electron chi connectivity index (χ0n) is 16.3. The Hall–Kier alpha value is -4.04. The van der Waals surface area contributed by atoms with Crippen molar-refractivity contribution in [2.45, 2.75) is 6.92 Å². The fourth-order valence-corrected chi connectivity index (χ4v) is 3.55. The highest BCUT2D eigenvalue weighted by molar-refractivity contribution is 7.12. The number of hydrogen-bond acceptors (Lipinski definition) is 6. The van der Waals surface area contributed by atoms with E-state index >= 15 is 0 Å². The van der Waals surface area contributed by atoms with Gasteiger partial charge in [-0.15, -0.1) is 11.3 Å². The monoisotopic (exact) mass is 432 g/mol. The first-order chi connectivity index (χ1) is 14.9. The number of aromatic carboxylic acids is 1. The Morgan fingerprint density at radius 1 is 1.06 bits per heavy atom. The number of carboxylic acid groups (broad SMARTS) is 1. The Morgan fingerprint density at radius 2 is 1.77 bits per heavy atom. The number of hydrazone groups is 1. The minimum Gasteiger partial charge on any atom is -0.478 e. The second kappa shape index (κ2) is 8.37. The lowest BCUT2D eigenvalue weighted by molar-refractivity contribution is -0.114. The number of benzene rings is 2. The van der Waals surface area contributed by atoms with Crippen LogP contribution in [0.2, 0.25) is 0 Å². The molecule has 0 spiro atoms. The van der Waals surface area contributed by atoms with Gasteiger partial charge in [-0.2, -0.15) is 10.1 Å². The van der Waals surface area contributed by atoms with Crippen LogP contribution in [0.15, 0.2) is 76.7 Å². The van der Waals surface area contributed by atoms with Gasteiger partial charge >= 0.3 is 11.9 Å². The van der Waals surface area contributed by atoms with Crippen molar-refractivity contribution in [2.75, 3.05) is 5.01 Å². The quantitative estimate of drug-likeness (QED) is 0.365. The predicted octanol–water partition coefficient (Wildman–Crippen LogP) is 4.47. The van der Waals surface area contributed by atoms with Crippen molar-refractivity contribution < 1.29 is 24.2 Å². The summed E-state index contributed by atoms with van der Waals surface area (Å²) < 4.78 is 5.34. The minimum absolute atomic E-state index is 0.131. The van der Waals surface area contributed by atoms with E-state index in [-0.39, 0.29) is 11.5 Å². The van der Waals surface area contributed by atoms with Crippen molar-refractivity contribution in [3.63, 3.8) is 0 Å². The molecule has 31 heavy (non-hydrogen) atoms. The maximum Gasteiger partial charge on any atom is 0.353 e. The molecule has 0 aliphatic carbocycles. The number of carbonyl (C=O) groups is 3. The van der Waals surface area contributed by atoms with Crippen LogP contribution in [0.25, 0.3) is 6.08 Å². The van der Waals surface area contributed by atoms with Crippen LogP contribution >= 0.6 is 11.3 Å². The number of anilines is 1. The second-order valence-electron chi connectivity index (χ2n) is 6.65. The summed E-state index contributed by atoms with van der Waals surface area (Å²) in [7, 11) is 0. The molecule has 0 unspecified atom stereocenters. The van der Waals surface area contributed by atoms with Crippen LogP contribution in [0.3, 0.4) is 0 Å². The number of hydrogen-bond donors (Lipinski definition) is 1. The molecule has 7 nitrogen and oxygen atoms in total. The number of carbonyl (C=O) groups excluding carboxylic acids is 2. The zero-order chi connectivity index (χ0) is 22.0. The summed E-state index contributed by atoms with van der Waals surface area (Å²) in [5.41, 5.74) is 2.32. The number of amides is 1. The molecule has 0 radical (unpaired) electrons. The van der Waals surface area contributed by atoms with Crippen LogP contribution in [0.4, 0.5) is 5.69 Å². The summed E-state index contributed by atoms with van der Waals surface area (Å²) in [6, 6.07) is 16.2. The molecule has 2 heterocycles. The Bertz CT molecular complexity index is 1210. The molecule has 1 amide bonds. The fraction of sp³-hybridized carbons (Fsp3) is 0.0435. The molecule has 0 bridgehead atoms. The third-order valence-electron chi connectivity index (χ3n) is 4.55. The minimum atomic E-state index is -1.04. The normalized spacial score (nSPS) is 14.6. The van der Waals surface area contributed by atoms with E-state index in [1.807, 2.05) is 0 Å². The van der Waals surface area contributed by atoms with Crippen LogP contribution in [0.1, 0.15) is 32.5 Å². The van der Waals surface area contributed by atoms with Gasteiger partial charge in [0.2, 0.25) is 0 Å². The number of thiophene rings is 1. The number of ether oxygens (including phenoxy) is 1. The molecule has 8 heteroatoms. The van der Waals surface area contributed by atoms with Gasteiger partial charge in [0.1, 0.15) is 10.6 Å². The lowest BCUT2D eigenvalue weighted by Gasteiger charge is -2.11. The van der Waals surface area contributed by atoms with Gasteiger partial charge in [-0.3, -0.25) is 4.79 Å². The van der Waals surface area contributed by atoms with E-state index in [0.717, 1.165) is 5.56 Å². The molecule has 1 aliphatic heterocycles. The fourth-order valence-electron chi connectivity index (χ4n) is 2.96. The van der Waals surface area contributed by atoms with E-state index in [4.69, 9.17) is 9.84 Å². The first-order valence-corrected chi connectivity index (χ1v) is 10.1. The number of nitrogens with zero attached hydrogens (tertiary/aromatic N) is 2. The van der Waals surface area contributed by atoms with Gasteiger partial charge < -0.3 is 9.84 Å². The second-order valence-corrected chi connectivity index (χ2v) is 7.60. The van der Waals surface area contributed by atoms with Crippen molar-refractivity contribution in [2.24, 2.45) is 5.10 Å². The lowest BCUT2D eigenvalue weighted by atomic mass is 10.1. The van der Waals surface area contributed by atoms with Gasteiger partial charge in [-0.1, -0.05) is 18.2 Å². The molecule has 4 rings (SSSR count). The summed E-state index contributed by atoms with van der Waals surface area (Å²) in [6.45, 7) is 1.73. The summed E-state index contributed by atoms with van der Waals surface area (Å²) in [5.74, 6) is -1.36. The van der Waals surface area contributed by atoms with Crippen molar-refractivity contribution in [1.82, 2.24) is 0 Å². The predicted molar refractivity (Wildman–Crippen MR) is 118 cm³/mol.